The fourth-order valence-corrected chi connectivity index (χ4v) is 4.85. The molecule has 1 amide bonds. The second kappa shape index (κ2) is 10.6. The van der Waals surface area contributed by atoms with E-state index in [1.807, 2.05) is 44.2 Å². The monoisotopic (exact) mass is 530 g/mol. The lowest BCUT2D eigenvalue weighted by atomic mass is 9.95. The highest BCUT2D eigenvalue weighted by Gasteiger charge is 2.43. The van der Waals surface area contributed by atoms with Crippen LogP contribution in [0.3, 0.4) is 0 Å². The quantitative estimate of drug-likeness (QED) is 0.263. The molecule has 0 aliphatic carbocycles. The summed E-state index contributed by atoms with van der Waals surface area (Å²) >= 11 is 6.42. The van der Waals surface area contributed by atoms with E-state index in [4.69, 9.17) is 21.1 Å². The van der Waals surface area contributed by atoms with Gasteiger partial charge in [-0.15, -0.1) is 0 Å². The molecule has 1 unspecified atom stereocenters. The predicted octanol–water partition coefficient (Wildman–Crippen LogP) is 5.85. The molecule has 0 saturated heterocycles. The number of benzene rings is 2. The van der Waals surface area contributed by atoms with Crippen LogP contribution in [0.25, 0.3) is 11.3 Å². The van der Waals surface area contributed by atoms with Gasteiger partial charge in [0.05, 0.1) is 12.6 Å². The van der Waals surface area contributed by atoms with Crippen molar-refractivity contribution in [2.24, 2.45) is 0 Å². The van der Waals surface area contributed by atoms with Gasteiger partial charge < -0.3 is 19.5 Å². The van der Waals surface area contributed by atoms with Crippen molar-refractivity contribution < 1.29 is 19.4 Å². The summed E-state index contributed by atoms with van der Waals surface area (Å²) in [6.45, 7) is 8.51. The highest BCUT2D eigenvalue weighted by atomic mass is 35.5. The number of hydrogen-bond acceptors (Lipinski definition) is 6. The van der Waals surface area contributed by atoms with Crippen LogP contribution in [0.1, 0.15) is 45.7 Å². The molecule has 0 bridgehead atoms. The molecule has 5 rings (SSSR count). The molecule has 3 heterocycles. The number of fused-ring (bicyclic) bond motifs is 1. The average Bonchev–Trinajstić information content (AvgIpc) is 3.45. The van der Waals surface area contributed by atoms with Crippen LogP contribution in [0.5, 0.6) is 17.2 Å². The zero-order valence-corrected chi connectivity index (χ0v) is 21.8. The number of nitrogens with one attached hydrogen (secondary N) is 1. The number of carbonyl (C=O) groups is 1. The van der Waals surface area contributed by atoms with Gasteiger partial charge in [0.15, 0.2) is 11.5 Å². The molecule has 0 spiro atoms. The molecule has 0 saturated carbocycles. The van der Waals surface area contributed by atoms with Crippen LogP contribution in [0.2, 0.25) is 5.02 Å². The summed E-state index contributed by atoms with van der Waals surface area (Å²) in [7, 11) is 0. The Morgan fingerprint density at radius 3 is 2.79 bits per heavy atom. The number of halogens is 1. The predicted molar refractivity (Wildman–Crippen MR) is 145 cm³/mol. The van der Waals surface area contributed by atoms with Gasteiger partial charge in [0.2, 0.25) is 0 Å². The molecule has 1 aliphatic heterocycles. The number of rotatable bonds is 9. The number of aromatic amines is 1. The summed E-state index contributed by atoms with van der Waals surface area (Å²) in [6, 6.07) is 12.1. The number of hydrogen-bond donors (Lipinski definition) is 2. The first-order chi connectivity index (χ1) is 18.4. The zero-order chi connectivity index (χ0) is 26.8. The Labute approximate surface area is 225 Å². The summed E-state index contributed by atoms with van der Waals surface area (Å²) in [5.41, 5.74) is 4.32. The molecule has 2 aromatic heterocycles. The first kappa shape index (κ1) is 25.4. The van der Waals surface area contributed by atoms with E-state index in [2.05, 4.69) is 21.8 Å². The van der Waals surface area contributed by atoms with Crippen LogP contribution in [0.4, 0.5) is 0 Å². The van der Waals surface area contributed by atoms with E-state index in [1.165, 1.54) is 0 Å². The molecule has 1 aliphatic rings. The molecule has 2 N–H and O–H groups in total. The van der Waals surface area contributed by atoms with Gasteiger partial charge in [0.25, 0.3) is 5.91 Å². The van der Waals surface area contributed by atoms with Crippen LogP contribution >= 0.6 is 11.6 Å². The van der Waals surface area contributed by atoms with Gasteiger partial charge in [0.1, 0.15) is 23.7 Å². The first-order valence-corrected chi connectivity index (χ1v) is 12.6. The van der Waals surface area contributed by atoms with Gasteiger partial charge in [-0.05, 0) is 60.9 Å². The fourth-order valence-electron chi connectivity index (χ4n) is 4.69. The van der Waals surface area contributed by atoms with E-state index in [0.29, 0.717) is 58.8 Å². The normalized spacial score (nSPS) is 14.4. The van der Waals surface area contributed by atoms with Crippen molar-refractivity contribution in [1.82, 2.24) is 20.1 Å². The Balaban J connectivity index is 1.67. The van der Waals surface area contributed by atoms with Crippen molar-refractivity contribution in [2.45, 2.75) is 26.4 Å². The van der Waals surface area contributed by atoms with Crippen molar-refractivity contribution in [1.29, 1.82) is 0 Å². The number of aryl methyl sites for hydroxylation is 1. The fraction of sp³-hybridized carbons (Fsp3) is 0.207. The number of aromatic hydroxyl groups is 1. The van der Waals surface area contributed by atoms with Gasteiger partial charge in [-0.2, -0.15) is 5.10 Å². The molecule has 0 fully saturated rings. The Morgan fingerprint density at radius 1 is 1.21 bits per heavy atom. The van der Waals surface area contributed by atoms with Gasteiger partial charge in [-0.3, -0.25) is 14.9 Å². The minimum atomic E-state index is -0.529. The SMILES string of the molecule is C=CCOc1ccc(C2c3c(-c4cc(Cl)c(C)cc4O)n[nH]c3C(=O)N2Cc2cccnc2)cc1OCC. The number of phenolic OH excluding ortho intramolecular Hbond substituents is 1. The second-order valence-corrected chi connectivity index (χ2v) is 9.32. The molecule has 0 radical (unpaired) electrons. The third kappa shape index (κ3) is 4.59. The number of H-pyrrole nitrogens is 1. The summed E-state index contributed by atoms with van der Waals surface area (Å²) in [5.74, 6) is 0.950. The Kier molecular flexibility index (Phi) is 7.07. The molecule has 8 nitrogen and oxygen atoms in total. The lowest BCUT2D eigenvalue weighted by Crippen LogP contribution is -2.29. The Bertz CT molecular complexity index is 1500. The van der Waals surface area contributed by atoms with Gasteiger partial charge in [0, 0.05) is 35.1 Å². The van der Waals surface area contributed by atoms with E-state index in [0.717, 1.165) is 16.7 Å². The highest BCUT2D eigenvalue weighted by molar-refractivity contribution is 6.31. The van der Waals surface area contributed by atoms with Crippen LogP contribution < -0.4 is 9.47 Å². The number of ether oxygens (including phenoxy) is 2. The van der Waals surface area contributed by atoms with E-state index >= 15 is 0 Å². The topological polar surface area (TPSA) is 101 Å². The van der Waals surface area contributed by atoms with E-state index in [-0.39, 0.29) is 11.7 Å². The maximum Gasteiger partial charge on any atom is 0.273 e. The molecule has 4 aromatic rings. The molecule has 194 valence electrons. The molecular formula is C29H27ClN4O4. The summed E-state index contributed by atoms with van der Waals surface area (Å²) < 4.78 is 11.7. The van der Waals surface area contributed by atoms with Crippen LogP contribution in [0.15, 0.2) is 67.5 Å². The van der Waals surface area contributed by atoms with Gasteiger partial charge >= 0.3 is 0 Å². The standard InChI is InChI=1S/C29H27ClN4O4/c1-4-11-38-23-9-8-19(13-24(23)37-5-2)28-25-26(20-14-21(30)17(3)12-22(20)35)32-33-27(25)29(36)34(28)16-18-7-6-10-31-15-18/h4,6-10,12-15,28,35H,1,5,11,16H2,2-3H3,(H,32,33). The number of phenols is 1. The maximum absolute atomic E-state index is 13.7. The summed E-state index contributed by atoms with van der Waals surface area (Å²) in [5, 5.41) is 18.7. The van der Waals surface area contributed by atoms with Gasteiger partial charge in [-0.25, -0.2) is 0 Å². The Morgan fingerprint density at radius 2 is 2.05 bits per heavy atom. The summed E-state index contributed by atoms with van der Waals surface area (Å²) in [4.78, 5) is 19.7. The van der Waals surface area contributed by atoms with Crippen LogP contribution in [0, 0.1) is 6.92 Å². The smallest absolute Gasteiger partial charge is 0.273 e. The molecule has 2 aromatic carbocycles. The lowest BCUT2D eigenvalue weighted by molar-refractivity contribution is 0.0729. The van der Waals surface area contributed by atoms with Crippen LogP contribution in [-0.4, -0.2) is 44.3 Å². The minimum absolute atomic E-state index is 0.0290. The third-order valence-electron chi connectivity index (χ3n) is 6.41. The van der Waals surface area contributed by atoms with Crippen molar-refractivity contribution in [3.8, 4) is 28.5 Å². The molecule has 9 heteroatoms. The lowest BCUT2D eigenvalue weighted by Gasteiger charge is -2.27. The number of aromatic nitrogens is 3. The second-order valence-electron chi connectivity index (χ2n) is 8.92. The largest absolute Gasteiger partial charge is 0.507 e. The van der Waals surface area contributed by atoms with Crippen molar-refractivity contribution in [3.05, 3.63) is 100 Å². The van der Waals surface area contributed by atoms with Crippen LogP contribution in [-0.2, 0) is 6.54 Å². The van der Waals surface area contributed by atoms with E-state index in [9.17, 15) is 9.90 Å². The third-order valence-corrected chi connectivity index (χ3v) is 6.82. The van der Waals surface area contributed by atoms with E-state index in [1.54, 1.807) is 35.5 Å². The molecule has 1 atom stereocenters. The molecular weight excluding hydrogens is 504 g/mol. The first-order valence-electron chi connectivity index (χ1n) is 12.2. The number of nitrogens with zero attached hydrogens (tertiary/aromatic N) is 3. The maximum atomic E-state index is 13.7. The Hall–Kier alpha value is -4.30. The number of amides is 1. The minimum Gasteiger partial charge on any atom is -0.507 e. The van der Waals surface area contributed by atoms with Crippen molar-refractivity contribution in [2.75, 3.05) is 13.2 Å². The average molecular weight is 531 g/mol. The highest BCUT2D eigenvalue weighted by Crippen LogP contribution is 2.47. The molecule has 38 heavy (non-hydrogen) atoms. The zero-order valence-electron chi connectivity index (χ0n) is 21.1. The van der Waals surface area contributed by atoms with E-state index < -0.39 is 6.04 Å². The van der Waals surface area contributed by atoms with Crippen molar-refractivity contribution >= 4 is 17.5 Å². The van der Waals surface area contributed by atoms with Gasteiger partial charge in [-0.1, -0.05) is 36.4 Å². The van der Waals surface area contributed by atoms with Crippen molar-refractivity contribution in [3.63, 3.8) is 0 Å². The summed E-state index contributed by atoms with van der Waals surface area (Å²) in [6.07, 6.45) is 5.09. The number of carbonyl (C=O) groups excluding carboxylic acids is 1. The number of pyridine rings is 1.